The highest BCUT2D eigenvalue weighted by molar-refractivity contribution is 7.22. The second-order valence-corrected chi connectivity index (χ2v) is 4.10. The highest BCUT2D eigenvalue weighted by Gasteiger charge is 2.09. The minimum Gasteiger partial charge on any atom is -0.508 e. The number of thiazole rings is 1. The SMILES string of the molecule is Cc1cc(O)c(C)c2sc(N)nc12. The fraction of sp³-hybridized carbons (Fsp3) is 0.222. The van der Waals surface area contributed by atoms with Gasteiger partial charge in [-0.05, 0) is 25.5 Å². The number of aryl methyl sites for hydroxylation is 2. The number of phenols is 1. The molecule has 3 nitrogen and oxygen atoms in total. The van der Waals surface area contributed by atoms with Gasteiger partial charge in [0.25, 0.3) is 0 Å². The van der Waals surface area contributed by atoms with Gasteiger partial charge >= 0.3 is 0 Å². The summed E-state index contributed by atoms with van der Waals surface area (Å²) >= 11 is 1.41. The number of aromatic nitrogens is 1. The zero-order valence-corrected chi connectivity index (χ0v) is 8.27. The van der Waals surface area contributed by atoms with Gasteiger partial charge in [-0.15, -0.1) is 0 Å². The summed E-state index contributed by atoms with van der Waals surface area (Å²) in [5.74, 6) is 0.314. The smallest absolute Gasteiger partial charge is 0.181 e. The third-order valence-electron chi connectivity index (χ3n) is 2.10. The number of hydrogen-bond acceptors (Lipinski definition) is 4. The molecule has 0 aliphatic heterocycles. The summed E-state index contributed by atoms with van der Waals surface area (Å²) in [6.07, 6.45) is 0. The van der Waals surface area contributed by atoms with Crippen molar-refractivity contribution < 1.29 is 5.11 Å². The molecular weight excluding hydrogens is 184 g/mol. The molecule has 1 aromatic heterocycles. The van der Waals surface area contributed by atoms with Gasteiger partial charge in [0.05, 0.1) is 10.2 Å². The van der Waals surface area contributed by atoms with E-state index in [-0.39, 0.29) is 0 Å². The van der Waals surface area contributed by atoms with E-state index in [0.717, 1.165) is 21.3 Å². The lowest BCUT2D eigenvalue weighted by molar-refractivity contribution is 0.472. The van der Waals surface area contributed by atoms with Crippen LogP contribution in [0.1, 0.15) is 11.1 Å². The number of aromatic hydroxyl groups is 1. The van der Waals surface area contributed by atoms with E-state index in [9.17, 15) is 5.11 Å². The monoisotopic (exact) mass is 194 g/mol. The van der Waals surface area contributed by atoms with Crippen LogP contribution in [-0.2, 0) is 0 Å². The fourth-order valence-electron chi connectivity index (χ4n) is 1.36. The van der Waals surface area contributed by atoms with Crippen LogP contribution in [0.4, 0.5) is 5.13 Å². The Bertz CT molecular complexity index is 476. The van der Waals surface area contributed by atoms with Crippen molar-refractivity contribution in [2.24, 2.45) is 0 Å². The molecule has 13 heavy (non-hydrogen) atoms. The van der Waals surface area contributed by atoms with Gasteiger partial charge in [0.15, 0.2) is 5.13 Å². The lowest BCUT2D eigenvalue weighted by Crippen LogP contribution is -1.82. The predicted molar refractivity (Wildman–Crippen MR) is 55.2 cm³/mol. The maximum absolute atomic E-state index is 9.55. The predicted octanol–water partition coefficient (Wildman–Crippen LogP) is 2.20. The zero-order chi connectivity index (χ0) is 9.59. The molecule has 0 bridgehead atoms. The number of nitrogens with two attached hydrogens (primary N) is 1. The Labute approximate surface area is 79.8 Å². The first-order valence-corrected chi connectivity index (χ1v) is 4.76. The molecule has 0 saturated carbocycles. The van der Waals surface area contributed by atoms with E-state index < -0.39 is 0 Å². The van der Waals surface area contributed by atoms with Crippen molar-refractivity contribution in [2.45, 2.75) is 13.8 Å². The summed E-state index contributed by atoms with van der Waals surface area (Å²) in [7, 11) is 0. The molecule has 2 aromatic rings. The molecule has 0 atom stereocenters. The Hall–Kier alpha value is -1.29. The minimum absolute atomic E-state index is 0.314. The van der Waals surface area contributed by atoms with Crippen LogP contribution in [0.5, 0.6) is 5.75 Å². The lowest BCUT2D eigenvalue weighted by Gasteiger charge is -2.01. The summed E-state index contributed by atoms with van der Waals surface area (Å²) in [6, 6.07) is 1.72. The van der Waals surface area contributed by atoms with E-state index in [1.165, 1.54) is 11.3 Å². The molecule has 3 N–H and O–H groups in total. The second kappa shape index (κ2) is 2.60. The molecule has 0 aliphatic rings. The topological polar surface area (TPSA) is 59.1 Å². The number of anilines is 1. The van der Waals surface area contributed by atoms with Gasteiger partial charge in [0.1, 0.15) is 5.75 Å². The van der Waals surface area contributed by atoms with E-state index in [1.54, 1.807) is 6.07 Å². The quantitative estimate of drug-likeness (QED) is 0.676. The molecule has 0 aliphatic carbocycles. The molecule has 4 heteroatoms. The van der Waals surface area contributed by atoms with Crippen molar-refractivity contribution in [3.8, 4) is 5.75 Å². The number of hydrogen-bond donors (Lipinski definition) is 2. The first-order valence-electron chi connectivity index (χ1n) is 3.95. The van der Waals surface area contributed by atoms with Crippen LogP contribution in [0, 0.1) is 13.8 Å². The molecule has 0 fully saturated rings. The van der Waals surface area contributed by atoms with Gasteiger partial charge in [-0.2, -0.15) is 0 Å². The Morgan fingerprint density at radius 1 is 1.46 bits per heavy atom. The molecule has 0 unspecified atom stereocenters. The number of nitrogens with zero attached hydrogens (tertiary/aromatic N) is 1. The summed E-state index contributed by atoms with van der Waals surface area (Å²) in [6.45, 7) is 3.79. The average molecular weight is 194 g/mol. The zero-order valence-electron chi connectivity index (χ0n) is 7.46. The van der Waals surface area contributed by atoms with Gasteiger partial charge in [-0.3, -0.25) is 0 Å². The first kappa shape index (κ1) is 8.31. The normalized spacial score (nSPS) is 10.9. The lowest BCUT2D eigenvalue weighted by atomic mass is 10.1. The van der Waals surface area contributed by atoms with Crippen LogP contribution >= 0.6 is 11.3 Å². The molecule has 0 spiro atoms. The summed E-state index contributed by atoms with van der Waals surface area (Å²) in [4.78, 5) is 4.20. The van der Waals surface area contributed by atoms with Crippen LogP contribution in [0.15, 0.2) is 6.07 Å². The highest BCUT2D eigenvalue weighted by Crippen LogP contribution is 2.34. The van der Waals surface area contributed by atoms with Crippen molar-refractivity contribution >= 4 is 26.7 Å². The molecule has 0 amide bonds. The summed E-state index contributed by atoms with van der Waals surface area (Å²) in [5.41, 5.74) is 8.33. The van der Waals surface area contributed by atoms with E-state index in [0.29, 0.717) is 10.9 Å². The Morgan fingerprint density at radius 3 is 2.85 bits per heavy atom. The molecule has 0 radical (unpaired) electrons. The number of rotatable bonds is 0. The van der Waals surface area contributed by atoms with Crippen LogP contribution < -0.4 is 5.73 Å². The molecular formula is C9H10N2OS. The number of fused-ring (bicyclic) bond motifs is 1. The van der Waals surface area contributed by atoms with Crippen molar-refractivity contribution in [1.82, 2.24) is 4.98 Å². The Balaban J connectivity index is 2.95. The van der Waals surface area contributed by atoms with Crippen LogP contribution in [-0.4, -0.2) is 10.1 Å². The van der Waals surface area contributed by atoms with Gasteiger partial charge in [-0.1, -0.05) is 11.3 Å². The third kappa shape index (κ3) is 1.14. The van der Waals surface area contributed by atoms with E-state index in [1.807, 2.05) is 13.8 Å². The molecule has 68 valence electrons. The van der Waals surface area contributed by atoms with Crippen molar-refractivity contribution in [3.63, 3.8) is 0 Å². The van der Waals surface area contributed by atoms with E-state index in [2.05, 4.69) is 4.98 Å². The average Bonchev–Trinajstić information content (AvgIpc) is 2.44. The molecule has 0 saturated heterocycles. The number of phenolic OH excluding ortho intramolecular Hbond substituents is 1. The summed E-state index contributed by atoms with van der Waals surface area (Å²) < 4.78 is 0.981. The third-order valence-corrected chi connectivity index (χ3v) is 3.10. The van der Waals surface area contributed by atoms with Gasteiger partial charge in [-0.25, -0.2) is 4.98 Å². The van der Waals surface area contributed by atoms with Gasteiger partial charge in [0, 0.05) is 5.56 Å². The first-order chi connectivity index (χ1) is 6.09. The highest BCUT2D eigenvalue weighted by atomic mass is 32.1. The standard InChI is InChI=1S/C9H10N2OS/c1-4-3-6(12)5(2)8-7(4)11-9(10)13-8/h3,12H,1-2H3,(H2,10,11). The van der Waals surface area contributed by atoms with Crippen molar-refractivity contribution in [1.29, 1.82) is 0 Å². The van der Waals surface area contributed by atoms with Gasteiger partial charge < -0.3 is 10.8 Å². The number of nitrogen functional groups attached to an aromatic ring is 1. The largest absolute Gasteiger partial charge is 0.508 e. The van der Waals surface area contributed by atoms with Crippen LogP contribution in [0.3, 0.4) is 0 Å². The van der Waals surface area contributed by atoms with E-state index >= 15 is 0 Å². The second-order valence-electron chi connectivity index (χ2n) is 3.07. The number of benzene rings is 1. The molecule has 1 heterocycles. The Morgan fingerprint density at radius 2 is 2.15 bits per heavy atom. The van der Waals surface area contributed by atoms with Crippen molar-refractivity contribution in [2.75, 3.05) is 5.73 Å². The summed E-state index contributed by atoms with van der Waals surface area (Å²) in [5, 5.41) is 10.1. The molecule has 2 rings (SSSR count). The van der Waals surface area contributed by atoms with Crippen LogP contribution in [0.25, 0.3) is 10.2 Å². The fourth-order valence-corrected chi connectivity index (χ4v) is 2.26. The maximum Gasteiger partial charge on any atom is 0.181 e. The van der Waals surface area contributed by atoms with Crippen LogP contribution in [0.2, 0.25) is 0 Å². The van der Waals surface area contributed by atoms with Gasteiger partial charge in [0.2, 0.25) is 0 Å². The maximum atomic E-state index is 9.55. The minimum atomic E-state index is 0.314. The van der Waals surface area contributed by atoms with E-state index in [4.69, 9.17) is 5.73 Å². The Kier molecular flexibility index (Phi) is 1.66. The van der Waals surface area contributed by atoms with Crippen molar-refractivity contribution in [3.05, 3.63) is 17.2 Å². The molecule has 1 aromatic carbocycles.